The third kappa shape index (κ3) is 8.80. The van der Waals surface area contributed by atoms with E-state index in [-0.39, 0.29) is 5.09 Å². The van der Waals surface area contributed by atoms with E-state index in [1.165, 1.54) is 57.4 Å². The summed E-state index contributed by atoms with van der Waals surface area (Å²) in [5.74, 6) is 2.72. The van der Waals surface area contributed by atoms with Crippen LogP contribution in [0.2, 0.25) is 0 Å². The Bertz CT molecular complexity index is 757. The van der Waals surface area contributed by atoms with E-state index in [4.69, 9.17) is 13.4 Å². The molecule has 0 atom stereocenters. The van der Waals surface area contributed by atoms with Crippen molar-refractivity contribution in [1.29, 1.82) is 0 Å². The van der Waals surface area contributed by atoms with Crippen molar-refractivity contribution in [3.8, 4) is 0 Å². The van der Waals surface area contributed by atoms with E-state index in [0.29, 0.717) is 12.2 Å². The molecule has 0 fully saturated rings. The summed E-state index contributed by atoms with van der Waals surface area (Å²) in [7, 11) is -4.22. The molecule has 0 aliphatic rings. The Kier molecular flexibility index (Phi) is 9.15. The Morgan fingerprint density at radius 1 is 0.704 bits per heavy atom. The predicted octanol–water partition coefficient (Wildman–Crippen LogP) is 6.11. The van der Waals surface area contributed by atoms with Crippen LogP contribution in [0.25, 0.3) is 0 Å². The fourth-order valence-corrected chi connectivity index (χ4v) is 3.72. The SMILES string of the molecule is Cc1ccc(CCCCCCCCCCCCc2ccc(S(=O)(=O)O)o2)o1. The Balaban J connectivity index is 1.38. The Morgan fingerprint density at radius 3 is 1.56 bits per heavy atom. The normalized spacial score (nSPS) is 11.9. The molecule has 0 saturated heterocycles. The molecule has 6 heteroatoms. The van der Waals surface area contributed by atoms with Gasteiger partial charge in [-0.1, -0.05) is 51.4 Å². The lowest BCUT2D eigenvalue weighted by molar-refractivity contribution is 0.381. The molecule has 0 aliphatic carbocycles. The topological polar surface area (TPSA) is 80.7 Å². The highest BCUT2D eigenvalue weighted by atomic mass is 32.2. The molecule has 0 aromatic carbocycles. The van der Waals surface area contributed by atoms with Gasteiger partial charge in [-0.05, 0) is 44.0 Å². The minimum atomic E-state index is -4.22. The molecule has 2 heterocycles. The molecule has 5 nitrogen and oxygen atoms in total. The van der Waals surface area contributed by atoms with Crippen molar-refractivity contribution < 1.29 is 21.8 Å². The van der Waals surface area contributed by atoms with Crippen LogP contribution in [0.5, 0.6) is 0 Å². The molecular formula is C21H32O5S. The minimum absolute atomic E-state index is 0.364. The first-order valence-electron chi connectivity index (χ1n) is 10.1. The van der Waals surface area contributed by atoms with Gasteiger partial charge in [-0.3, -0.25) is 4.55 Å². The average molecular weight is 397 g/mol. The van der Waals surface area contributed by atoms with Gasteiger partial charge in [-0.2, -0.15) is 8.42 Å². The summed E-state index contributed by atoms with van der Waals surface area (Å²) in [5.41, 5.74) is 0. The first-order valence-corrected chi connectivity index (χ1v) is 11.5. The molecule has 0 aliphatic heterocycles. The summed E-state index contributed by atoms with van der Waals surface area (Å²) in [6.07, 6.45) is 14.0. The molecule has 27 heavy (non-hydrogen) atoms. The standard InChI is InChI=1S/C21H32O5S/c1-18-14-15-19(25-18)12-10-8-6-4-2-3-5-7-9-11-13-20-16-17-21(26-20)27(22,23)24/h14-17H,2-13H2,1H3,(H,22,23,24). The van der Waals surface area contributed by atoms with E-state index < -0.39 is 10.1 Å². The summed E-state index contributed by atoms with van der Waals surface area (Å²) in [5, 5.41) is -0.364. The number of hydrogen-bond acceptors (Lipinski definition) is 4. The highest BCUT2D eigenvalue weighted by Crippen LogP contribution is 2.17. The van der Waals surface area contributed by atoms with E-state index in [1.807, 2.05) is 13.0 Å². The molecule has 0 spiro atoms. The Labute approximate surface area is 162 Å². The van der Waals surface area contributed by atoms with Gasteiger partial charge in [0.15, 0.2) is 0 Å². The first kappa shape index (κ1) is 21.8. The van der Waals surface area contributed by atoms with Crippen LogP contribution in [0.3, 0.4) is 0 Å². The average Bonchev–Trinajstić information content (AvgIpc) is 3.24. The molecule has 0 saturated carbocycles. The zero-order valence-electron chi connectivity index (χ0n) is 16.3. The van der Waals surface area contributed by atoms with Gasteiger partial charge >= 0.3 is 10.1 Å². The van der Waals surface area contributed by atoms with Crippen molar-refractivity contribution in [3.63, 3.8) is 0 Å². The molecule has 2 aromatic heterocycles. The number of furan rings is 2. The lowest BCUT2D eigenvalue weighted by Gasteiger charge is -2.02. The van der Waals surface area contributed by atoms with E-state index >= 15 is 0 Å². The summed E-state index contributed by atoms with van der Waals surface area (Å²) in [6, 6.07) is 7.03. The quantitative estimate of drug-likeness (QED) is 0.307. The van der Waals surface area contributed by atoms with Crippen molar-refractivity contribution in [2.45, 2.75) is 89.1 Å². The van der Waals surface area contributed by atoms with Crippen LogP contribution in [-0.2, 0) is 23.0 Å². The van der Waals surface area contributed by atoms with Crippen molar-refractivity contribution in [1.82, 2.24) is 0 Å². The van der Waals surface area contributed by atoms with Gasteiger partial charge in [-0.15, -0.1) is 0 Å². The lowest BCUT2D eigenvalue weighted by atomic mass is 10.0. The lowest BCUT2D eigenvalue weighted by Crippen LogP contribution is -1.94. The second-order valence-electron chi connectivity index (χ2n) is 7.24. The van der Waals surface area contributed by atoms with Gasteiger partial charge in [0.05, 0.1) is 0 Å². The van der Waals surface area contributed by atoms with Gasteiger partial charge in [0.2, 0.25) is 5.09 Å². The molecule has 0 unspecified atom stereocenters. The monoisotopic (exact) mass is 396 g/mol. The van der Waals surface area contributed by atoms with Crippen molar-refractivity contribution in [3.05, 3.63) is 41.5 Å². The van der Waals surface area contributed by atoms with Crippen LogP contribution in [0.4, 0.5) is 0 Å². The van der Waals surface area contributed by atoms with Gasteiger partial charge in [-0.25, -0.2) is 0 Å². The number of aryl methyl sites for hydroxylation is 3. The maximum Gasteiger partial charge on any atom is 0.328 e. The molecule has 1 N–H and O–H groups in total. The molecule has 2 rings (SSSR count). The summed E-state index contributed by atoms with van der Waals surface area (Å²) in [6.45, 7) is 1.99. The zero-order chi connectivity index (χ0) is 19.5. The predicted molar refractivity (Wildman–Crippen MR) is 106 cm³/mol. The largest absolute Gasteiger partial charge is 0.466 e. The number of rotatable bonds is 14. The Morgan fingerprint density at radius 2 is 1.15 bits per heavy atom. The third-order valence-corrected chi connectivity index (χ3v) is 5.51. The van der Waals surface area contributed by atoms with Crippen LogP contribution in [0.15, 0.2) is 38.2 Å². The van der Waals surface area contributed by atoms with Crippen LogP contribution < -0.4 is 0 Å². The van der Waals surface area contributed by atoms with Crippen molar-refractivity contribution in [2.75, 3.05) is 0 Å². The zero-order valence-corrected chi connectivity index (χ0v) is 17.1. The second-order valence-corrected chi connectivity index (χ2v) is 8.60. The van der Waals surface area contributed by atoms with Gasteiger partial charge in [0, 0.05) is 12.8 Å². The van der Waals surface area contributed by atoms with Gasteiger partial charge in [0.25, 0.3) is 0 Å². The maximum absolute atomic E-state index is 10.9. The summed E-state index contributed by atoms with van der Waals surface area (Å²) in [4.78, 5) is 0. The van der Waals surface area contributed by atoms with Gasteiger partial charge in [0.1, 0.15) is 17.3 Å². The molecule has 2 aromatic rings. The summed E-state index contributed by atoms with van der Waals surface area (Å²) >= 11 is 0. The van der Waals surface area contributed by atoms with Crippen LogP contribution in [-0.4, -0.2) is 13.0 Å². The minimum Gasteiger partial charge on any atom is -0.466 e. The van der Waals surface area contributed by atoms with Crippen LogP contribution >= 0.6 is 0 Å². The number of hydrogen-bond donors (Lipinski definition) is 1. The van der Waals surface area contributed by atoms with Crippen molar-refractivity contribution in [2.24, 2.45) is 0 Å². The fourth-order valence-electron chi connectivity index (χ4n) is 3.26. The van der Waals surface area contributed by atoms with E-state index in [1.54, 1.807) is 6.07 Å². The second kappa shape index (κ2) is 11.3. The molecule has 0 bridgehead atoms. The van der Waals surface area contributed by atoms with Crippen LogP contribution in [0, 0.1) is 6.92 Å². The smallest absolute Gasteiger partial charge is 0.328 e. The molecule has 152 valence electrons. The maximum atomic E-state index is 10.9. The third-order valence-electron chi connectivity index (χ3n) is 4.78. The van der Waals surface area contributed by atoms with E-state index in [9.17, 15) is 8.42 Å². The molecular weight excluding hydrogens is 364 g/mol. The molecule has 0 amide bonds. The highest BCUT2D eigenvalue weighted by molar-refractivity contribution is 7.85. The Hall–Kier alpha value is -1.53. The van der Waals surface area contributed by atoms with E-state index in [0.717, 1.165) is 30.8 Å². The summed E-state index contributed by atoms with van der Waals surface area (Å²) < 4.78 is 41.4. The molecule has 0 radical (unpaired) electrons. The highest BCUT2D eigenvalue weighted by Gasteiger charge is 2.14. The van der Waals surface area contributed by atoms with E-state index in [2.05, 4.69) is 6.07 Å². The van der Waals surface area contributed by atoms with Crippen molar-refractivity contribution >= 4 is 10.1 Å². The number of unbranched alkanes of at least 4 members (excludes halogenated alkanes) is 9. The first-order chi connectivity index (χ1) is 12.9. The van der Waals surface area contributed by atoms with Crippen LogP contribution in [0.1, 0.15) is 81.5 Å². The fraction of sp³-hybridized carbons (Fsp3) is 0.619. The van der Waals surface area contributed by atoms with Gasteiger partial charge < -0.3 is 8.83 Å².